The number of rotatable bonds is 5. The van der Waals surface area contributed by atoms with Crippen LogP contribution >= 0.6 is 11.6 Å². The van der Waals surface area contributed by atoms with Crippen LogP contribution in [0.5, 0.6) is 0 Å². The van der Waals surface area contributed by atoms with Gasteiger partial charge in [0.05, 0.1) is 6.61 Å². The molecule has 1 aromatic carbocycles. The van der Waals surface area contributed by atoms with Gasteiger partial charge in [-0.1, -0.05) is 44.2 Å². The number of hydrogen-bond acceptors (Lipinski definition) is 3. The molecule has 1 N–H and O–H groups in total. The van der Waals surface area contributed by atoms with Crippen molar-refractivity contribution in [2.75, 3.05) is 6.61 Å². The molecule has 4 heteroatoms. The SMILES string of the molecule is CCOC(=O)C(O)C(Cl)(c1ccccc1)C(C)C. The van der Waals surface area contributed by atoms with Gasteiger partial charge in [-0.2, -0.15) is 0 Å². The van der Waals surface area contributed by atoms with Gasteiger partial charge in [-0.3, -0.25) is 0 Å². The van der Waals surface area contributed by atoms with Gasteiger partial charge in [0.1, 0.15) is 4.87 Å². The Bertz CT molecular complexity index is 391. The van der Waals surface area contributed by atoms with E-state index in [2.05, 4.69) is 0 Å². The molecule has 0 spiro atoms. The molecule has 3 nitrogen and oxygen atoms in total. The summed E-state index contributed by atoms with van der Waals surface area (Å²) in [5, 5.41) is 10.2. The Kier molecular flexibility index (Phi) is 5.17. The van der Waals surface area contributed by atoms with Crippen molar-refractivity contribution < 1.29 is 14.6 Å². The molecule has 1 rings (SSSR count). The highest BCUT2D eigenvalue weighted by Gasteiger charge is 2.45. The molecule has 0 aromatic heterocycles. The van der Waals surface area contributed by atoms with Crippen LogP contribution in [0.25, 0.3) is 0 Å². The molecule has 18 heavy (non-hydrogen) atoms. The van der Waals surface area contributed by atoms with E-state index in [-0.39, 0.29) is 12.5 Å². The zero-order valence-electron chi connectivity index (χ0n) is 10.9. The van der Waals surface area contributed by atoms with Gasteiger partial charge >= 0.3 is 5.97 Å². The molecule has 0 amide bonds. The van der Waals surface area contributed by atoms with Gasteiger partial charge in [0, 0.05) is 0 Å². The van der Waals surface area contributed by atoms with Crippen molar-refractivity contribution in [3.05, 3.63) is 35.9 Å². The highest BCUT2D eigenvalue weighted by atomic mass is 35.5. The molecule has 0 bridgehead atoms. The lowest BCUT2D eigenvalue weighted by Gasteiger charge is -2.34. The highest BCUT2D eigenvalue weighted by Crippen LogP contribution is 2.40. The predicted molar refractivity (Wildman–Crippen MR) is 71.5 cm³/mol. The monoisotopic (exact) mass is 270 g/mol. The van der Waals surface area contributed by atoms with Crippen molar-refractivity contribution in [1.29, 1.82) is 0 Å². The number of hydrogen-bond donors (Lipinski definition) is 1. The summed E-state index contributed by atoms with van der Waals surface area (Å²) >= 11 is 6.53. The minimum absolute atomic E-state index is 0.124. The second-order valence-corrected chi connectivity index (χ2v) is 5.07. The first kappa shape index (κ1) is 15.0. The van der Waals surface area contributed by atoms with E-state index in [1.807, 2.05) is 32.0 Å². The Hall–Kier alpha value is -1.06. The van der Waals surface area contributed by atoms with Crippen molar-refractivity contribution in [2.45, 2.75) is 31.7 Å². The first-order valence-electron chi connectivity index (χ1n) is 6.03. The van der Waals surface area contributed by atoms with Crippen molar-refractivity contribution in [2.24, 2.45) is 5.92 Å². The molecular weight excluding hydrogens is 252 g/mol. The molecule has 0 aliphatic heterocycles. The number of aliphatic hydroxyl groups is 1. The minimum atomic E-state index is -1.39. The molecule has 0 aliphatic rings. The fourth-order valence-corrected chi connectivity index (χ4v) is 2.11. The van der Waals surface area contributed by atoms with E-state index in [4.69, 9.17) is 16.3 Å². The van der Waals surface area contributed by atoms with Crippen molar-refractivity contribution in [1.82, 2.24) is 0 Å². The summed E-state index contributed by atoms with van der Waals surface area (Å²) in [4.78, 5) is 10.5. The number of halogens is 1. The Morgan fingerprint density at radius 1 is 1.39 bits per heavy atom. The van der Waals surface area contributed by atoms with Gasteiger partial charge in [0.15, 0.2) is 6.10 Å². The van der Waals surface area contributed by atoms with Crippen LogP contribution in [-0.4, -0.2) is 23.8 Å². The topological polar surface area (TPSA) is 46.5 Å². The Balaban J connectivity index is 3.12. The number of esters is 1. The molecule has 0 saturated heterocycles. The van der Waals surface area contributed by atoms with Gasteiger partial charge in [0.25, 0.3) is 0 Å². The standard InChI is InChI=1S/C14H19ClO3/c1-4-18-13(17)12(16)14(15,10(2)3)11-8-6-5-7-9-11/h5-10,12,16H,4H2,1-3H3. The highest BCUT2D eigenvalue weighted by molar-refractivity contribution is 6.26. The summed E-state index contributed by atoms with van der Waals surface area (Å²) in [6.07, 6.45) is -1.39. The maximum atomic E-state index is 11.7. The lowest BCUT2D eigenvalue weighted by molar-refractivity contribution is -0.156. The molecule has 2 atom stereocenters. The van der Waals surface area contributed by atoms with Gasteiger partial charge in [-0.25, -0.2) is 4.79 Å². The average Bonchev–Trinajstić information content (AvgIpc) is 2.38. The van der Waals surface area contributed by atoms with Crippen LogP contribution in [0, 0.1) is 5.92 Å². The molecule has 100 valence electrons. The van der Waals surface area contributed by atoms with Crippen LogP contribution in [-0.2, 0) is 14.4 Å². The van der Waals surface area contributed by atoms with Crippen LogP contribution < -0.4 is 0 Å². The summed E-state index contributed by atoms with van der Waals surface area (Å²) in [7, 11) is 0. The largest absolute Gasteiger partial charge is 0.464 e. The van der Waals surface area contributed by atoms with E-state index in [9.17, 15) is 9.90 Å². The van der Waals surface area contributed by atoms with Crippen molar-refractivity contribution >= 4 is 17.6 Å². The number of carbonyl (C=O) groups excluding carboxylic acids is 1. The lowest BCUT2D eigenvalue weighted by Crippen LogP contribution is -2.45. The second kappa shape index (κ2) is 6.21. The fourth-order valence-electron chi connectivity index (χ4n) is 1.89. The van der Waals surface area contributed by atoms with Crippen LogP contribution in [0.3, 0.4) is 0 Å². The summed E-state index contributed by atoms with van der Waals surface area (Å²) in [5.74, 6) is -0.814. The van der Waals surface area contributed by atoms with Crippen molar-refractivity contribution in [3.63, 3.8) is 0 Å². The van der Waals surface area contributed by atoms with Crippen LogP contribution in [0.4, 0.5) is 0 Å². The molecule has 0 heterocycles. The normalized spacial score (nSPS) is 16.1. The van der Waals surface area contributed by atoms with Crippen LogP contribution in [0.15, 0.2) is 30.3 Å². The summed E-state index contributed by atoms with van der Waals surface area (Å²) in [6, 6.07) is 9.11. The maximum Gasteiger partial charge on any atom is 0.337 e. The Morgan fingerprint density at radius 3 is 2.39 bits per heavy atom. The smallest absolute Gasteiger partial charge is 0.337 e. The number of carbonyl (C=O) groups is 1. The quantitative estimate of drug-likeness (QED) is 0.661. The van der Waals surface area contributed by atoms with Crippen molar-refractivity contribution in [3.8, 4) is 0 Å². The number of benzene rings is 1. The van der Waals surface area contributed by atoms with E-state index in [0.29, 0.717) is 5.56 Å². The molecule has 0 fully saturated rings. The second-order valence-electron chi connectivity index (χ2n) is 4.44. The fraction of sp³-hybridized carbons (Fsp3) is 0.500. The zero-order chi connectivity index (χ0) is 13.8. The Morgan fingerprint density at radius 2 is 1.94 bits per heavy atom. The maximum absolute atomic E-state index is 11.7. The first-order chi connectivity index (χ1) is 8.44. The predicted octanol–water partition coefficient (Wildman–Crippen LogP) is 2.70. The van der Waals surface area contributed by atoms with E-state index in [1.165, 1.54) is 0 Å². The van der Waals surface area contributed by atoms with E-state index in [0.717, 1.165) is 0 Å². The summed E-state index contributed by atoms with van der Waals surface area (Å²) in [6.45, 7) is 5.64. The van der Waals surface area contributed by atoms with Gasteiger partial charge in [0.2, 0.25) is 0 Å². The third-order valence-corrected chi connectivity index (χ3v) is 3.83. The number of alkyl halides is 1. The van der Waals surface area contributed by atoms with E-state index in [1.54, 1.807) is 19.1 Å². The number of aliphatic hydroxyl groups excluding tert-OH is 1. The van der Waals surface area contributed by atoms with Crippen LogP contribution in [0.2, 0.25) is 0 Å². The van der Waals surface area contributed by atoms with Crippen LogP contribution in [0.1, 0.15) is 26.3 Å². The zero-order valence-corrected chi connectivity index (χ0v) is 11.6. The third-order valence-electron chi connectivity index (χ3n) is 2.96. The van der Waals surface area contributed by atoms with E-state index >= 15 is 0 Å². The Labute approximate surface area is 113 Å². The molecule has 0 radical (unpaired) electrons. The van der Waals surface area contributed by atoms with E-state index < -0.39 is 16.9 Å². The average molecular weight is 271 g/mol. The summed E-state index contributed by atoms with van der Waals surface area (Å²) in [5.41, 5.74) is 0.710. The molecule has 1 aromatic rings. The first-order valence-corrected chi connectivity index (χ1v) is 6.41. The lowest BCUT2D eigenvalue weighted by atomic mass is 9.83. The molecule has 0 saturated carbocycles. The third kappa shape index (κ3) is 2.85. The van der Waals surface area contributed by atoms with Gasteiger partial charge < -0.3 is 9.84 Å². The minimum Gasteiger partial charge on any atom is -0.464 e. The molecule has 0 aliphatic carbocycles. The molecule has 2 unspecified atom stereocenters. The van der Waals surface area contributed by atoms with Gasteiger partial charge in [-0.05, 0) is 18.4 Å². The molecular formula is C14H19ClO3. The van der Waals surface area contributed by atoms with Gasteiger partial charge in [-0.15, -0.1) is 11.6 Å². The number of ether oxygens (including phenoxy) is 1. The summed E-state index contributed by atoms with van der Waals surface area (Å²) < 4.78 is 4.85.